The van der Waals surface area contributed by atoms with Gasteiger partial charge < -0.3 is 5.32 Å². The molecular weight excluding hydrogens is 258 g/mol. The summed E-state index contributed by atoms with van der Waals surface area (Å²) in [5.41, 5.74) is 2.34. The van der Waals surface area contributed by atoms with Gasteiger partial charge in [-0.25, -0.2) is 0 Å². The SMILES string of the molecule is CCCCCCCCC(=O)Nc1ccc(C(C)(C)C)cc1. The second-order valence-corrected chi connectivity index (χ2v) is 6.89. The van der Waals surface area contributed by atoms with Crippen molar-refractivity contribution in [2.75, 3.05) is 5.32 Å². The van der Waals surface area contributed by atoms with Crippen molar-refractivity contribution in [3.05, 3.63) is 29.8 Å². The molecule has 0 bridgehead atoms. The van der Waals surface area contributed by atoms with E-state index in [2.05, 4.69) is 45.1 Å². The molecule has 0 aromatic heterocycles. The van der Waals surface area contributed by atoms with Crippen LogP contribution >= 0.6 is 0 Å². The minimum atomic E-state index is 0.133. The third-order valence-corrected chi connectivity index (χ3v) is 3.79. The summed E-state index contributed by atoms with van der Waals surface area (Å²) in [5, 5.41) is 2.98. The van der Waals surface area contributed by atoms with Crippen LogP contribution in [0.25, 0.3) is 0 Å². The first-order valence-corrected chi connectivity index (χ1v) is 8.34. The van der Waals surface area contributed by atoms with Crippen LogP contribution in [0.4, 0.5) is 5.69 Å². The summed E-state index contributed by atoms with van der Waals surface area (Å²) >= 11 is 0. The average Bonchev–Trinajstić information content (AvgIpc) is 2.42. The van der Waals surface area contributed by atoms with Crippen molar-refractivity contribution in [2.24, 2.45) is 0 Å². The fraction of sp³-hybridized carbons (Fsp3) is 0.632. The molecule has 0 spiro atoms. The molecule has 0 saturated carbocycles. The molecule has 21 heavy (non-hydrogen) atoms. The Bertz CT molecular complexity index is 414. The van der Waals surface area contributed by atoms with Gasteiger partial charge >= 0.3 is 0 Å². The van der Waals surface area contributed by atoms with E-state index in [4.69, 9.17) is 0 Å². The van der Waals surface area contributed by atoms with E-state index in [0.29, 0.717) is 6.42 Å². The van der Waals surface area contributed by atoms with Crippen molar-refractivity contribution in [3.8, 4) is 0 Å². The lowest BCUT2D eigenvalue weighted by Crippen LogP contribution is -2.13. The maximum absolute atomic E-state index is 11.9. The lowest BCUT2D eigenvalue weighted by Gasteiger charge is -2.19. The first kappa shape index (κ1) is 17.7. The fourth-order valence-electron chi connectivity index (χ4n) is 2.34. The number of carbonyl (C=O) groups excluding carboxylic acids is 1. The Labute approximate surface area is 130 Å². The van der Waals surface area contributed by atoms with Gasteiger partial charge in [-0.1, -0.05) is 71.9 Å². The molecule has 0 radical (unpaired) electrons. The van der Waals surface area contributed by atoms with Crippen LogP contribution in [0.5, 0.6) is 0 Å². The molecule has 2 heteroatoms. The maximum atomic E-state index is 11.9. The zero-order valence-corrected chi connectivity index (χ0v) is 14.2. The molecule has 118 valence electrons. The van der Waals surface area contributed by atoms with Gasteiger partial charge in [0.25, 0.3) is 0 Å². The van der Waals surface area contributed by atoms with Gasteiger partial charge in [0.2, 0.25) is 5.91 Å². The van der Waals surface area contributed by atoms with E-state index in [9.17, 15) is 4.79 Å². The number of carbonyl (C=O) groups is 1. The molecule has 1 aromatic rings. The minimum absolute atomic E-state index is 0.133. The highest BCUT2D eigenvalue weighted by molar-refractivity contribution is 5.90. The van der Waals surface area contributed by atoms with Crippen molar-refractivity contribution in [1.82, 2.24) is 0 Å². The topological polar surface area (TPSA) is 29.1 Å². The second-order valence-electron chi connectivity index (χ2n) is 6.89. The predicted octanol–water partition coefficient (Wildman–Crippen LogP) is 5.67. The van der Waals surface area contributed by atoms with Gasteiger partial charge in [-0.3, -0.25) is 4.79 Å². The molecule has 0 aliphatic carbocycles. The predicted molar refractivity (Wildman–Crippen MR) is 91.8 cm³/mol. The van der Waals surface area contributed by atoms with Crippen molar-refractivity contribution < 1.29 is 4.79 Å². The number of unbranched alkanes of at least 4 members (excludes halogenated alkanes) is 5. The van der Waals surface area contributed by atoms with E-state index in [1.165, 1.54) is 31.2 Å². The Hall–Kier alpha value is -1.31. The van der Waals surface area contributed by atoms with E-state index < -0.39 is 0 Å². The second kappa shape index (κ2) is 8.86. The molecule has 2 nitrogen and oxygen atoms in total. The molecular formula is C19H31NO. The summed E-state index contributed by atoms with van der Waals surface area (Å²) in [7, 11) is 0. The van der Waals surface area contributed by atoms with Gasteiger partial charge in [0.1, 0.15) is 0 Å². The maximum Gasteiger partial charge on any atom is 0.224 e. The summed E-state index contributed by atoms with van der Waals surface area (Å²) in [6, 6.07) is 8.19. The van der Waals surface area contributed by atoms with Crippen LogP contribution in [0.15, 0.2) is 24.3 Å². The van der Waals surface area contributed by atoms with Crippen LogP contribution in [0.2, 0.25) is 0 Å². The van der Waals surface area contributed by atoms with Crippen LogP contribution in [0.3, 0.4) is 0 Å². The highest BCUT2D eigenvalue weighted by Crippen LogP contribution is 2.23. The van der Waals surface area contributed by atoms with E-state index in [-0.39, 0.29) is 11.3 Å². The van der Waals surface area contributed by atoms with Gasteiger partial charge in [-0.15, -0.1) is 0 Å². The molecule has 0 aliphatic rings. The Balaban J connectivity index is 2.28. The number of benzene rings is 1. The normalized spacial score (nSPS) is 11.4. The summed E-state index contributed by atoms with van der Waals surface area (Å²) in [6.07, 6.45) is 7.92. The standard InChI is InChI=1S/C19H31NO/c1-5-6-7-8-9-10-11-18(21)20-17-14-12-16(13-15-17)19(2,3)4/h12-15H,5-11H2,1-4H3,(H,20,21). The molecule has 0 unspecified atom stereocenters. The molecule has 1 amide bonds. The Morgan fingerprint density at radius 3 is 2.10 bits per heavy atom. The smallest absolute Gasteiger partial charge is 0.224 e. The third-order valence-electron chi connectivity index (χ3n) is 3.79. The number of rotatable bonds is 8. The first-order chi connectivity index (χ1) is 9.93. The van der Waals surface area contributed by atoms with Gasteiger partial charge in [0.15, 0.2) is 0 Å². The van der Waals surface area contributed by atoms with Crippen LogP contribution < -0.4 is 5.32 Å². The lowest BCUT2D eigenvalue weighted by molar-refractivity contribution is -0.116. The lowest BCUT2D eigenvalue weighted by atomic mass is 9.87. The molecule has 1 aromatic carbocycles. The van der Waals surface area contributed by atoms with Crippen LogP contribution in [0, 0.1) is 0 Å². The van der Waals surface area contributed by atoms with Crippen LogP contribution in [-0.4, -0.2) is 5.91 Å². The van der Waals surface area contributed by atoms with E-state index in [1.54, 1.807) is 0 Å². The van der Waals surface area contributed by atoms with Crippen molar-refractivity contribution in [2.45, 2.75) is 78.1 Å². The summed E-state index contributed by atoms with van der Waals surface area (Å²) in [5.74, 6) is 0.133. The van der Waals surface area contributed by atoms with Gasteiger partial charge in [-0.2, -0.15) is 0 Å². The largest absolute Gasteiger partial charge is 0.326 e. The Kier molecular flexibility index (Phi) is 7.49. The van der Waals surface area contributed by atoms with Crippen molar-refractivity contribution in [3.63, 3.8) is 0 Å². The summed E-state index contributed by atoms with van der Waals surface area (Å²) in [6.45, 7) is 8.80. The number of hydrogen-bond acceptors (Lipinski definition) is 1. The van der Waals surface area contributed by atoms with Gasteiger partial charge in [-0.05, 0) is 29.5 Å². The highest BCUT2D eigenvalue weighted by atomic mass is 16.1. The number of nitrogens with one attached hydrogen (secondary N) is 1. The summed E-state index contributed by atoms with van der Waals surface area (Å²) in [4.78, 5) is 11.9. The van der Waals surface area contributed by atoms with Crippen LogP contribution in [0.1, 0.15) is 78.2 Å². The summed E-state index contributed by atoms with van der Waals surface area (Å²) < 4.78 is 0. The van der Waals surface area contributed by atoms with E-state index >= 15 is 0 Å². The molecule has 0 aliphatic heterocycles. The molecule has 0 fully saturated rings. The van der Waals surface area contributed by atoms with Crippen LogP contribution in [-0.2, 0) is 10.2 Å². The molecule has 0 saturated heterocycles. The fourth-order valence-corrected chi connectivity index (χ4v) is 2.34. The average molecular weight is 289 g/mol. The zero-order valence-electron chi connectivity index (χ0n) is 14.2. The Morgan fingerprint density at radius 1 is 0.952 bits per heavy atom. The van der Waals surface area contributed by atoms with Crippen molar-refractivity contribution >= 4 is 11.6 Å². The zero-order chi connectivity index (χ0) is 15.7. The number of amides is 1. The molecule has 1 rings (SSSR count). The monoisotopic (exact) mass is 289 g/mol. The Morgan fingerprint density at radius 2 is 1.52 bits per heavy atom. The quantitative estimate of drug-likeness (QED) is 0.613. The molecule has 0 heterocycles. The molecule has 0 atom stereocenters. The highest BCUT2D eigenvalue weighted by Gasteiger charge is 2.13. The number of anilines is 1. The van der Waals surface area contributed by atoms with Gasteiger partial charge in [0, 0.05) is 12.1 Å². The first-order valence-electron chi connectivity index (χ1n) is 8.34. The number of hydrogen-bond donors (Lipinski definition) is 1. The molecule has 1 N–H and O–H groups in total. The van der Waals surface area contributed by atoms with Crippen molar-refractivity contribution in [1.29, 1.82) is 0 Å². The van der Waals surface area contributed by atoms with Gasteiger partial charge in [0.05, 0.1) is 0 Å². The van der Waals surface area contributed by atoms with E-state index in [0.717, 1.165) is 18.5 Å². The third kappa shape index (κ3) is 7.31. The minimum Gasteiger partial charge on any atom is -0.326 e. The van der Waals surface area contributed by atoms with E-state index in [1.807, 2.05) is 12.1 Å².